The van der Waals surface area contributed by atoms with Crippen molar-refractivity contribution in [1.29, 1.82) is 0 Å². The predicted molar refractivity (Wildman–Crippen MR) is 449 cm³/mol. The first-order valence-electron chi connectivity index (χ1n) is 46.5. The Morgan fingerprint density at radius 3 is 1.12 bits per heavy atom. The van der Waals surface area contributed by atoms with E-state index in [0.29, 0.717) is 44.4 Å². The minimum absolute atomic E-state index is 0.00659. The van der Waals surface area contributed by atoms with E-state index in [2.05, 4.69) is 58.9 Å². The second-order valence-corrected chi connectivity index (χ2v) is 34.8. The molecule has 0 aromatic heterocycles. The maximum atomic E-state index is 14.9. The molecule has 25 nitrogen and oxygen atoms in total. The van der Waals surface area contributed by atoms with Crippen LogP contribution in [0.3, 0.4) is 0 Å². The van der Waals surface area contributed by atoms with Crippen LogP contribution in [0, 0.1) is 5.92 Å². The molecule has 10 N–H and O–H groups in total. The Hall–Kier alpha value is -3.05. The minimum Gasteiger partial charge on any atom is -0.463 e. The summed E-state index contributed by atoms with van der Waals surface area (Å²) in [4.78, 5) is 66.4. The van der Waals surface area contributed by atoms with Crippen LogP contribution in [0.25, 0.3) is 0 Å². The molecule has 0 bridgehead atoms. The molecule has 2 heterocycles. The number of unbranched alkanes of at least 4 members (excludes halogenated alkanes) is 42. The van der Waals surface area contributed by atoms with Gasteiger partial charge in [0.05, 0.1) is 13.2 Å². The highest BCUT2D eigenvalue weighted by Gasteiger charge is 2.60. The molecule has 680 valence electrons. The van der Waals surface area contributed by atoms with E-state index in [1.54, 1.807) is 0 Å². The summed E-state index contributed by atoms with van der Waals surface area (Å²) < 4.78 is 73.4. The normalized spacial score (nSPS) is 25.5. The van der Waals surface area contributed by atoms with Crippen molar-refractivity contribution in [3.63, 3.8) is 0 Å². The van der Waals surface area contributed by atoms with E-state index in [1.165, 1.54) is 167 Å². The standard InChI is InChI=1S/C90H165O25P/c1-6-10-14-18-22-25-28-31-32-35-38-41-44-51-57-63-75(94)109-70(66-106-73(92)61-55-49-42-39-36-33-29-26-23-19-15-11-7-2)67-108-116(104,105)115-88-86(113-89-83(102)79(98)77(96)71(65-91)110-89)82(101)81(100)85(112-76(95)64-58-52-46-45-48-54-60-69(5)59-53-47-21-17-13-9-4)87(88)114-90-84(103)80(99)78(97)72(111-90)68-107-74(93)62-56-50-43-40-37-34-30-27-24-20-16-12-8-3/h33-34,36-37,69-72,77-91,96-103H,6-32,35,38-68H2,1-5H3,(H,104,105)/b36-33-,37-34-. The first-order valence-corrected chi connectivity index (χ1v) is 48.0. The number of phosphoric acid groups is 1. The largest absolute Gasteiger partial charge is 0.472 e. The summed E-state index contributed by atoms with van der Waals surface area (Å²) in [6, 6.07) is 0. The highest BCUT2D eigenvalue weighted by Crippen LogP contribution is 2.49. The van der Waals surface area contributed by atoms with E-state index < -0.39 is 162 Å². The maximum absolute atomic E-state index is 14.9. The molecule has 19 unspecified atom stereocenters. The molecular formula is C90H165O25P. The second-order valence-electron chi connectivity index (χ2n) is 33.4. The van der Waals surface area contributed by atoms with Crippen molar-refractivity contribution in [3.05, 3.63) is 24.3 Å². The molecule has 3 rings (SSSR count). The number of carbonyl (C=O) groups is 4. The summed E-state index contributed by atoms with van der Waals surface area (Å²) >= 11 is 0. The molecule has 0 aromatic rings. The van der Waals surface area contributed by atoms with Crippen molar-refractivity contribution in [2.75, 3.05) is 26.4 Å². The van der Waals surface area contributed by atoms with Crippen molar-refractivity contribution in [1.82, 2.24) is 0 Å². The molecule has 26 heteroatoms. The van der Waals surface area contributed by atoms with Gasteiger partial charge < -0.3 is 88.7 Å². The number of carbonyl (C=O) groups excluding carboxylic acids is 4. The zero-order valence-corrected chi connectivity index (χ0v) is 73.4. The SMILES string of the molecule is CCCCCCCC/C=C\CCCCCC(=O)OCC(COP(=O)(O)OC1C(OC2OC(CO)C(O)C(O)C2O)C(O)C(O)C(OC(=O)CCCCCCCCC(C)CCCCCCCC)C1OC1OC(COC(=O)CCCCC/C=C\CCCCCCCC)C(O)C(O)C1O)OC(=O)CCCCCCCCCCCCCCCCC. The van der Waals surface area contributed by atoms with Gasteiger partial charge in [0, 0.05) is 25.7 Å². The van der Waals surface area contributed by atoms with Gasteiger partial charge in [-0.1, -0.05) is 309 Å². The van der Waals surface area contributed by atoms with Gasteiger partial charge in [0.25, 0.3) is 0 Å². The van der Waals surface area contributed by atoms with Gasteiger partial charge in [0.15, 0.2) is 24.8 Å². The fourth-order valence-electron chi connectivity index (χ4n) is 15.3. The van der Waals surface area contributed by atoms with Crippen LogP contribution in [0.15, 0.2) is 24.3 Å². The van der Waals surface area contributed by atoms with Crippen LogP contribution in [-0.4, -0.2) is 205 Å². The van der Waals surface area contributed by atoms with Crippen molar-refractivity contribution >= 4 is 31.7 Å². The third kappa shape index (κ3) is 48.7. The first-order chi connectivity index (χ1) is 56.1. The second kappa shape index (κ2) is 68.4. The van der Waals surface area contributed by atoms with Crippen molar-refractivity contribution in [3.8, 4) is 0 Å². The lowest BCUT2D eigenvalue weighted by Gasteiger charge is -2.50. The lowest BCUT2D eigenvalue weighted by atomic mass is 9.84. The monoisotopic (exact) mass is 1680 g/mol. The van der Waals surface area contributed by atoms with E-state index in [4.69, 9.17) is 46.9 Å². The quantitative estimate of drug-likeness (QED) is 0.00889. The maximum Gasteiger partial charge on any atom is 0.472 e. The number of aliphatic hydroxyl groups excluding tert-OH is 9. The lowest BCUT2D eigenvalue weighted by Crippen LogP contribution is -2.70. The van der Waals surface area contributed by atoms with Gasteiger partial charge in [-0.25, -0.2) is 4.57 Å². The Bertz CT molecular complexity index is 2530. The summed E-state index contributed by atoms with van der Waals surface area (Å²) in [6.07, 6.45) is 26.2. The van der Waals surface area contributed by atoms with Crippen molar-refractivity contribution in [2.45, 2.75) is 492 Å². The third-order valence-corrected chi connectivity index (χ3v) is 23.8. The van der Waals surface area contributed by atoms with E-state index in [9.17, 15) is 74.6 Å². The predicted octanol–water partition coefficient (Wildman–Crippen LogP) is 16.8. The van der Waals surface area contributed by atoms with E-state index in [1.807, 2.05) is 0 Å². The van der Waals surface area contributed by atoms with E-state index >= 15 is 0 Å². The first kappa shape index (κ1) is 107. The minimum atomic E-state index is -5.81. The average molecular weight is 1680 g/mol. The van der Waals surface area contributed by atoms with Crippen LogP contribution in [0.4, 0.5) is 0 Å². The Morgan fingerprint density at radius 2 is 0.698 bits per heavy atom. The molecule has 2 saturated heterocycles. The molecule has 2 aliphatic heterocycles. The lowest BCUT2D eigenvalue weighted by molar-refractivity contribution is -0.360. The summed E-state index contributed by atoms with van der Waals surface area (Å²) in [5, 5.41) is 102. The average Bonchev–Trinajstić information content (AvgIpc) is 0.754. The smallest absolute Gasteiger partial charge is 0.463 e. The number of aliphatic hydroxyl groups is 9. The fraction of sp³-hybridized carbons (Fsp3) is 0.911. The Morgan fingerprint density at radius 1 is 0.362 bits per heavy atom. The summed E-state index contributed by atoms with van der Waals surface area (Å²) in [7, 11) is -5.81. The zero-order chi connectivity index (χ0) is 84.8. The zero-order valence-electron chi connectivity index (χ0n) is 72.5. The third-order valence-electron chi connectivity index (χ3n) is 22.8. The van der Waals surface area contributed by atoms with Gasteiger partial charge in [-0.3, -0.25) is 28.2 Å². The summed E-state index contributed by atoms with van der Waals surface area (Å²) in [5.41, 5.74) is 0. The topological polar surface area (TPSA) is 380 Å². The van der Waals surface area contributed by atoms with Gasteiger partial charge in [0.1, 0.15) is 92.6 Å². The highest BCUT2D eigenvalue weighted by molar-refractivity contribution is 7.47. The number of ether oxygens (including phenoxy) is 8. The van der Waals surface area contributed by atoms with Crippen LogP contribution in [-0.2, 0) is 70.7 Å². The molecule has 1 saturated carbocycles. The van der Waals surface area contributed by atoms with Crippen molar-refractivity contribution < 1.29 is 122 Å². The molecule has 3 fully saturated rings. The molecule has 19 atom stereocenters. The number of hydrogen-bond acceptors (Lipinski definition) is 24. The number of allylic oxidation sites excluding steroid dienone is 4. The van der Waals surface area contributed by atoms with Gasteiger partial charge in [-0.05, 0) is 83.0 Å². The van der Waals surface area contributed by atoms with Crippen LogP contribution in [0.5, 0.6) is 0 Å². The molecule has 0 radical (unpaired) electrons. The molecule has 1 aliphatic carbocycles. The number of esters is 4. The van der Waals surface area contributed by atoms with Crippen LogP contribution in [0.1, 0.15) is 388 Å². The number of rotatable bonds is 74. The van der Waals surface area contributed by atoms with Gasteiger partial charge in [0.2, 0.25) is 0 Å². The number of phosphoric ester groups is 1. The molecule has 0 amide bonds. The van der Waals surface area contributed by atoms with E-state index in [0.717, 1.165) is 122 Å². The highest BCUT2D eigenvalue weighted by atomic mass is 31.2. The van der Waals surface area contributed by atoms with Gasteiger partial charge in [-0.15, -0.1) is 0 Å². The van der Waals surface area contributed by atoms with Gasteiger partial charge in [-0.2, -0.15) is 0 Å². The molecule has 116 heavy (non-hydrogen) atoms. The Kier molecular flexibility index (Phi) is 63.2. The summed E-state index contributed by atoms with van der Waals surface area (Å²) in [6.45, 7) is 7.85. The van der Waals surface area contributed by atoms with Crippen LogP contribution < -0.4 is 0 Å². The summed E-state index contributed by atoms with van der Waals surface area (Å²) in [5.74, 6) is -2.37. The Balaban J connectivity index is 1.94. The van der Waals surface area contributed by atoms with Gasteiger partial charge >= 0.3 is 31.7 Å². The molecule has 0 spiro atoms. The fourth-order valence-corrected chi connectivity index (χ4v) is 16.3. The molecule has 0 aromatic carbocycles. The molecule has 3 aliphatic rings. The number of hydrogen-bond donors (Lipinski definition) is 10. The molecular weight excluding hydrogens is 1510 g/mol. The van der Waals surface area contributed by atoms with Crippen molar-refractivity contribution in [2.24, 2.45) is 5.92 Å². The Labute approximate surface area is 698 Å². The van der Waals surface area contributed by atoms with E-state index in [-0.39, 0.29) is 25.7 Å². The van der Waals surface area contributed by atoms with Crippen LogP contribution in [0.2, 0.25) is 0 Å². The van der Waals surface area contributed by atoms with Crippen LogP contribution >= 0.6 is 7.82 Å².